The van der Waals surface area contributed by atoms with Crippen LogP contribution in [0.4, 0.5) is 4.79 Å². The third-order valence-electron chi connectivity index (χ3n) is 6.73. The molecule has 3 aliphatic carbocycles. The minimum atomic E-state index is -0.478. The molecule has 1 amide bonds. The third-order valence-corrected chi connectivity index (χ3v) is 6.73. The number of alkyl carbamates (subject to hydrolysis) is 1. The van der Waals surface area contributed by atoms with Crippen LogP contribution in [-0.4, -0.2) is 32.3 Å². The van der Waals surface area contributed by atoms with Crippen LogP contribution in [0.1, 0.15) is 82.5 Å². The van der Waals surface area contributed by atoms with Gasteiger partial charge in [0.25, 0.3) is 0 Å². The predicted molar refractivity (Wildman–Crippen MR) is 125 cm³/mol. The number of aromatic nitrogens is 3. The minimum absolute atomic E-state index is 0.106. The van der Waals surface area contributed by atoms with Crippen LogP contribution >= 0.6 is 0 Å². The zero-order chi connectivity index (χ0) is 22.3. The fourth-order valence-corrected chi connectivity index (χ4v) is 5.41. The lowest BCUT2D eigenvalue weighted by atomic mass is 9.80. The Balaban J connectivity index is 1.39. The number of imidazole rings is 1. The fraction of sp³-hybridized carbons (Fsp3) is 0.500. The van der Waals surface area contributed by atoms with Crippen molar-refractivity contribution in [2.45, 2.75) is 82.8 Å². The zero-order valence-corrected chi connectivity index (χ0v) is 19.2. The van der Waals surface area contributed by atoms with Crippen LogP contribution in [0, 0.1) is 0 Å². The first kappa shape index (κ1) is 21.0. The SMILES string of the molecule is CC(C)(C)OC(=O)NC1CCC2=C1CCC(c1nc3cccnn3c1C1C=CC=CC1)C2. The van der Waals surface area contributed by atoms with Crippen LogP contribution < -0.4 is 5.32 Å². The molecule has 6 nitrogen and oxygen atoms in total. The van der Waals surface area contributed by atoms with E-state index in [0.717, 1.165) is 44.2 Å². The summed E-state index contributed by atoms with van der Waals surface area (Å²) in [5.41, 5.74) is 5.79. The van der Waals surface area contributed by atoms with Crippen molar-refractivity contribution in [3.05, 3.63) is 65.2 Å². The maximum Gasteiger partial charge on any atom is 0.408 e. The molecule has 6 heteroatoms. The second-order valence-corrected chi connectivity index (χ2v) is 10.1. The number of fused-ring (bicyclic) bond motifs is 1. The Morgan fingerprint density at radius 2 is 2.09 bits per heavy atom. The van der Waals surface area contributed by atoms with E-state index >= 15 is 0 Å². The zero-order valence-electron chi connectivity index (χ0n) is 19.2. The fourth-order valence-electron chi connectivity index (χ4n) is 5.41. The van der Waals surface area contributed by atoms with Crippen LogP contribution in [0.15, 0.2) is 53.8 Å². The van der Waals surface area contributed by atoms with E-state index in [-0.39, 0.29) is 12.1 Å². The normalized spacial score (nSPS) is 25.3. The summed E-state index contributed by atoms with van der Waals surface area (Å²) in [5.74, 6) is 0.700. The van der Waals surface area contributed by atoms with Gasteiger partial charge in [-0.3, -0.25) is 0 Å². The highest BCUT2D eigenvalue weighted by Gasteiger charge is 2.35. The van der Waals surface area contributed by atoms with Gasteiger partial charge in [-0.15, -0.1) is 0 Å². The molecule has 3 aliphatic rings. The monoisotopic (exact) mass is 432 g/mol. The molecule has 0 aromatic carbocycles. The van der Waals surface area contributed by atoms with E-state index in [1.807, 2.05) is 43.6 Å². The Kier molecular flexibility index (Phi) is 5.39. The Bertz CT molecular complexity index is 1120. The van der Waals surface area contributed by atoms with Crippen molar-refractivity contribution in [1.29, 1.82) is 0 Å². The van der Waals surface area contributed by atoms with Crippen molar-refractivity contribution in [2.24, 2.45) is 0 Å². The number of nitrogens with zero attached hydrogens (tertiary/aromatic N) is 3. The molecule has 0 spiro atoms. The third kappa shape index (κ3) is 4.10. The number of nitrogens with one attached hydrogen (secondary N) is 1. The molecule has 0 saturated carbocycles. The van der Waals surface area contributed by atoms with Crippen molar-refractivity contribution >= 4 is 11.7 Å². The minimum Gasteiger partial charge on any atom is -0.444 e. The van der Waals surface area contributed by atoms with Gasteiger partial charge in [-0.2, -0.15) is 5.10 Å². The van der Waals surface area contributed by atoms with Crippen LogP contribution in [0.3, 0.4) is 0 Å². The second-order valence-electron chi connectivity index (χ2n) is 10.1. The number of ether oxygens (including phenoxy) is 1. The molecular formula is C26H32N4O2. The largest absolute Gasteiger partial charge is 0.444 e. The maximum absolute atomic E-state index is 12.3. The average Bonchev–Trinajstić information content (AvgIpc) is 3.34. The van der Waals surface area contributed by atoms with E-state index in [0.29, 0.717) is 11.8 Å². The second kappa shape index (κ2) is 8.23. The van der Waals surface area contributed by atoms with Gasteiger partial charge in [-0.1, -0.05) is 29.9 Å². The van der Waals surface area contributed by atoms with Gasteiger partial charge in [-0.05, 0) is 77.0 Å². The van der Waals surface area contributed by atoms with Crippen LogP contribution in [-0.2, 0) is 4.74 Å². The molecule has 0 fully saturated rings. The number of carbonyl (C=O) groups excluding carboxylic acids is 1. The molecule has 2 aromatic heterocycles. The number of rotatable bonds is 3. The summed E-state index contributed by atoms with van der Waals surface area (Å²) in [4.78, 5) is 17.4. The summed E-state index contributed by atoms with van der Waals surface area (Å²) in [6.45, 7) is 5.70. The molecular weight excluding hydrogens is 400 g/mol. The molecule has 0 radical (unpaired) electrons. The molecule has 0 saturated heterocycles. The molecule has 168 valence electrons. The van der Waals surface area contributed by atoms with Gasteiger partial charge in [0.1, 0.15) is 5.60 Å². The van der Waals surface area contributed by atoms with Gasteiger partial charge in [0.05, 0.1) is 17.4 Å². The van der Waals surface area contributed by atoms with E-state index in [9.17, 15) is 4.79 Å². The van der Waals surface area contributed by atoms with Gasteiger partial charge >= 0.3 is 6.09 Å². The number of hydrogen-bond acceptors (Lipinski definition) is 4. The van der Waals surface area contributed by atoms with E-state index in [1.54, 1.807) is 0 Å². The van der Waals surface area contributed by atoms with Crippen LogP contribution in [0.5, 0.6) is 0 Å². The number of carbonyl (C=O) groups is 1. The summed E-state index contributed by atoms with van der Waals surface area (Å²) in [7, 11) is 0. The Hall–Kier alpha value is -2.89. The summed E-state index contributed by atoms with van der Waals surface area (Å²) >= 11 is 0. The van der Waals surface area contributed by atoms with Gasteiger partial charge in [0, 0.05) is 18.0 Å². The quantitative estimate of drug-likeness (QED) is 0.643. The lowest BCUT2D eigenvalue weighted by Gasteiger charge is -2.28. The first-order valence-electron chi connectivity index (χ1n) is 11.8. The highest BCUT2D eigenvalue weighted by molar-refractivity contribution is 5.69. The topological polar surface area (TPSA) is 68.5 Å². The lowest BCUT2D eigenvalue weighted by Crippen LogP contribution is -2.39. The van der Waals surface area contributed by atoms with Crippen LogP contribution in [0.25, 0.3) is 5.65 Å². The Morgan fingerprint density at radius 3 is 2.88 bits per heavy atom. The van der Waals surface area contributed by atoms with Crippen molar-refractivity contribution in [2.75, 3.05) is 0 Å². The molecule has 2 heterocycles. The summed E-state index contributed by atoms with van der Waals surface area (Å²) < 4.78 is 7.52. The highest BCUT2D eigenvalue weighted by Crippen LogP contribution is 2.45. The van der Waals surface area contributed by atoms with E-state index in [2.05, 4.69) is 34.7 Å². The van der Waals surface area contributed by atoms with Gasteiger partial charge in [0.15, 0.2) is 5.65 Å². The lowest BCUT2D eigenvalue weighted by molar-refractivity contribution is 0.0511. The first-order valence-corrected chi connectivity index (χ1v) is 11.8. The molecule has 3 unspecified atom stereocenters. The van der Waals surface area contributed by atoms with Crippen molar-refractivity contribution in [1.82, 2.24) is 19.9 Å². The molecule has 0 aliphatic heterocycles. The Morgan fingerprint density at radius 1 is 1.22 bits per heavy atom. The molecule has 3 atom stereocenters. The number of allylic oxidation sites excluding steroid dienone is 5. The molecule has 0 bridgehead atoms. The maximum atomic E-state index is 12.3. The van der Waals surface area contributed by atoms with Gasteiger partial charge in [0.2, 0.25) is 0 Å². The predicted octanol–water partition coefficient (Wildman–Crippen LogP) is 5.58. The van der Waals surface area contributed by atoms with Gasteiger partial charge in [-0.25, -0.2) is 14.3 Å². The average molecular weight is 433 g/mol. The summed E-state index contributed by atoms with van der Waals surface area (Å²) in [6, 6.07) is 4.11. The van der Waals surface area contributed by atoms with Gasteiger partial charge < -0.3 is 10.1 Å². The van der Waals surface area contributed by atoms with E-state index in [1.165, 1.54) is 22.5 Å². The van der Waals surface area contributed by atoms with E-state index < -0.39 is 5.60 Å². The first-order chi connectivity index (χ1) is 15.4. The van der Waals surface area contributed by atoms with E-state index in [4.69, 9.17) is 9.72 Å². The van der Waals surface area contributed by atoms with Crippen molar-refractivity contribution in [3.8, 4) is 0 Å². The number of hydrogen-bond donors (Lipinski definition) is 1. The molecule has 32 heavy (non-hydrogen) atoms. The molecule has 2 aromatic rings. The standard InChI is InChI=1S/C26H32N4O2/c1-26(2,3)32-25(31)28-21-14-12-18-16-19(11-13-20(18)21)23-24(17-8-5-4-6-9-17)30-22(29-23)10-7-15-27-30/h4-8,10,15,17,19,21H,9,11-14,16H2,1-3H3,(H,28,31). The molecule has 5 rings (SSSR count). The Labute approximate surface area is 189 Å². The van der Waals surface area contributed by atoms with Crippen molar-refractivity contribution < 1.29 is 9.53 Å². The number of amides is 1. The van der Waals surface area contributed by atoms with Crippen LogP contribution in [0.2, 0.25) is 0 Å². The summed E-state index contributed by atoms with van der Waals surface area (Å²) in [6.07, 6.45) is 16.3. The smallest absolute Gasteiger partial charge is 0.408 e. The summed E-state index contributed by atoms with van der Waals surface area (Å²) in [5, 5.41) is 7.74. The molecule has 1 N–H and O–H groups in total. The van der Waals surface area contributed by atoms with Crippen molar-refractivity contribution in [3.63, 3.8) is 0 Å². The highest BCUT2D eigenvalue weighted by atomic mass is 16.6.